The van der Waals surface area contributed by atoms with Crippen LogP contribution in [0.15, 0.2) is 15.0 Å². The van der Waals surface area contributed by atoms with Crippen molar-refractivity contribution in [3.63, 3.8) is 0 Å². The minimum Gasteiger partial charge on any atom is -0.364 e. The number of rotatable bonds is 2. The van der Waals surface area contributed by atoms with Gasteiger partial charge in [-0.05, 0) is 30.0 Å². The zero-order valence-electron chi connectivity index (χ0n) is 8.88. The van der Waals surface area contributed by atoms with Crippen molar-refractivity contribution in [3.05, 3.63) is 31.7 Å². The maximum atomic E-state index is 9.32. The van der Waals surface area contributed by atoms with Gasteiger partial charge in [0.05, 0.1) is 0 Å². The van der Waals surface area contributed by atoms with Gasteiger partial charge in [0.15, 0.2) is 6.29 Å². The smallest absolute Gasteiger partial charge is 0.179 e. The molecular formula is C11H14Br2O2. The highest BCUT2D eigenvalue weighted by Gasteiger charge is 2.18. The molecule has 0 aliphatic rings. The van der Waals surface area contributed by atoms with Gasteiger partial charge < -0.3 is 10.2 Å². The van der Waals surface area contributed by atoms with Gasteiger partial charge in [-0.2, -0.15) is 0 Å². The van der Waals surface area contributed by atoms with Crippen LogP contribution in [0, 0.1) is 6.92 Å². The molecule has 0 amide bonds. The van der Waals surface area contributed by atoms with Crippen LogP contribution < -0.4 is 0 Å². The maximum Gasteiger partial charge on any atom is 0.179 e. The molecular weight excluding hydrogens is 324 g/mol. The maximum absolute atomic E-state index is 9.32. The van der Waals surface area contributed by atoms with Crippen molar-refractivity contribution in [2.75, 3.05) is 0 Å². The Kier molecular flexibility index (Phi) is 4.35. The zero-order valence-corrected chi connectivity index (χ0v) is 12.1. The van der Waals surface area contributed by atoms with Gasteiger partial charge in [0.2, 0.25) is 0 Å². The highest BCUT2D eigenvalue weighted by molar-refractivity contribution is 9.11. The Morgan fingerprint density at radius 1 is 1.20 bits per heavy atom. The normalized spacial score (nSPS) is 11.5. The van der Waals surface area contributed by atoms with Gasteiger partial charge >= 0.3 is 0 Å². The lowest BCUT2D eigenvalue weighted by atomic mass is 9.97. The Balaban J connectivity index is 3.49. The van der Waals surface area contributed by atoms with Crippen molar-refractivity contribution < 1.29 is 10.2 Å². The topological polar surface area (TPSA) is 40.5 Å². The van der Waals surface area contributed by atoms with Crippen LogP contribution in [0.4, 0.5) is 0 Å². The first kappa shape index (κ1) is 13.2. The molecule has 0 fully saturated rings. The van der Waals surface area contributed by atoms with E-state index in [9.17, 15) is 10.2 Å². The van der Waals surface area contributed by atoms with Gasteiger partial charge in [0.25, 0.3) is 0 Å². The molecule has 0 spiro atoms. The van der Waals surface area contributed by atoms with E-state index in [1.807, 2.05) is 13.0 Å². The molecule has 0 unspecified atom stereocenters. The third-order valence-corrected chi connectivity index (χ3v) is 4.12. The van der Waals surface area contributed by atoms with E-state index >= 15 is 0 Å². The Morgan fingerprint density at radius 2 is 1.73 bits per heavy atom. The van der Waals surface area contributed by atoms with Crippen molar-refractivity contribution in [1.82, 2.24) is 0 Å². The van der Waals surface area contributed by atoms with Crippen LogP contribution in [-0.2, 0) is 0 Å². The molecule has 0 saturated heterocycles. The molecule has 0 aliphatic carbocycles. The second-order valence-corrected chi connectivity index (χ2v) is 5.48. The summed E-state index contributed by atoms with van der Waals surface area (Å²) in [4.78, 5) is 0. The molecule has 4 heteroatoms. The summed E-state index contributed by atoms with van der Waals surface area (Å²) in [6.07, 6.45) is -1.45. The summed E-state index contributed by atoms with van der Waals surface area (Å²) in [5.41, 5.74) is 2.45. The summed E-state index contributed by atoms with van der Waals surface area (Å²) < 4.78 is 1.69. The van der Waals surface area contributed by atoms with E-state index < -0.39 is 6.29 Å². The molecule has 0 aliphatic heterocycles. The molecule has 2 N–H and O–H groups in total. The van der Waals surface area contributed by atoms with Crippen molar-refractivity contribution in [2.45, 2.75) is 33.0 Å². The van der Waals surface area contributed by atoms with E-state index in [0.717, 1.165) is 20.1 Å². The lowest BCUT2D eigenvalue weighted by molar-refractivity contribution is -0.0436. The molecule has 0 bridgehead atoms. The molecule has 2 nitrogen and oxygen atoms in total. The number of halogens is 2. The minimum atomic E-state index is -1.45. The van der Waals surface area contributed by atoms with Gasteiger partial charge in [0, 0.05) is 14.5 Å². The molecule has 84 valence electrons. The van der Waals surface area contributed by atoms with E-state index in [1.54, 1.807) is 0 Å². The fourth-order valence-electron chi connectivity index (χ4n) is 1.48. The Hall–Kier alpha value is 0.1000. The molecule has 0 radical (unpaired) electrons. The van der Waals surface area contributed by atoms with E-state index in [1.165, 1.54) is 0 Å². The third-order valence-electron chi connectivity index (χ3n) is 2.41. The SMILES string of the molecule is Cc1c(Br)cc(C(C)C)c(Br)c1C(O)O. The summed E-state index contributed by atoms with van der Waals surface area (Å²) in [5.74, 6) is 0.328. The lowest BCUT2D eigenvalue weighted by Gasteiger charge is -2.18. The number of aliphatic hydroxyl groups is 2. The van der Waals surface area contributed by atoms with Crippen LogP contribution in [-0.4, -0.2) is 10.2 Å². The summed E-state index contributed by atoms with van der Waals surface area (Å²) in [7, 11) is 0. The van der Waals surface area contributed by atoms with Crippen molar-refractivity contribution in [3.8, 4) is 0 Å². The fraction of sp³-hybridized carbons (Fsp3) is 0.455. The van der Waals surface area contributed by atoms with Gasteiger partial charge in [-0.1, -0.05) is 45.7 Å². The minimum absolute atomic E-state index is 0.328. The van der Waals surface area contributed by atoms with Gasteiger partial charge in [0.1, 0.15) is 0 Å². The van der Waals surface area contributed by atoms with E-state index in [0.29, 0.717) is 11.5 Å². The van der Waals surface area contributed by atoms with Crippen LogP contribution >= 0.6 is 31.9 Å². The molecule has 15 heavy (non-hydrogen) atoms. The van der Waals surface area contributed by atoms with E-state index in [4.69, 9.17) is 0 Å². The lowest BCUT2D eigenvalue weighted by Crippen LogP contribution is -2.04. The van der Waals surface area contributed by atoms with Crippen LogP contribution in [0.5, 0.6) is 0 Å². The number of benzene rings is 1. The van der Waals surface area contributed by atoms with Crippen molar-refractivity contribution in [1.29, 1.82) is 0 Å². The first-order chi connectivity index (χ1) is 6.86. The first-order valence-corrected chi connectivity index (χ1v) is 6.29. The highest BCUT2D eigenvalue weighted by Crippen LogP contribution is 2.37. The summed E-state index contributed by atoms with van der Waals surface area (Å²) in [5, 5.41) is 18.6. The molecule has 0 heterocycles. The van der Waals surface area contributed by atoms with Gasteiger partial charge in [-0.25, -0.2) is 0 Å². The molecule has 1 aromatic carbocycles. The Labute approximate surface area is 107 Å². The number of hydrogen-bond donors (Lipinski definition) is 2. The largest absolute Gasteiger partial charge is 0.364 e. The zero-order chi connectivity index (χ0) is 11.7. The van der Waals surface area contributed by atoms with E-state index in [2.05, 4.69) is 45.7 Å². The van der Waals surface area contributed by atoms with Crippen LogP contribution in [0.3, 0.4) is 0 Å². The summed E-state index contributed by atoms with van der Waals surface area (Å²) in [6, 6.07) is 2.01. The summed E-state index contributed by atoms with van der Waals surface area (Å²) in [6.45, 7) is 5.98. The second-order valence-electron chi connectivity index (χ2n) is 3.83. The average Bonchev–Trinajstić information content (AvgIpc) is 2.10. The van der Waals surface area contributed by atoms with Gasteiger partial charge in [-0.3, -0.25) is 0 Å². The summed E-state index contributed by atoms with van der Waals surface area (Å²) >= 11 is 6.85. The fourth-order valence-corrected chi connectivity index (χ4v) is 3.02. The Morgan fingerprint density at radius 3 is 2.13 bits per heavy atom. The first-order valence-electron chi connectivity index (χ1n) is 4.70. The van der Waals surface area contributed by atoms with Crippen molar-refractivity contribution >= 4 is 31.9 Å². The Bertz CT molecular complexity index is 373. The quantitative estimate of drug-likeness (QED) is 0.809. The molecule has 1 rings (SSSR count). The second kappa shape index (κ2) is 4.95. The molecule has 0 saturated carbocycles. The van der Waals surface area contributed by atoms with Crippen LogP contribution in [0.1, 0.15) is 42.7 Å². The van der Waals surface area contributed by atoms with Crippen LogP contribution in [0.2, 0.25) is 0 Å². The monoisotopic (exact) mass is 336 g/mol. The molecule has 1 aromatic rings. The predicted molar refractivity (Wildman–Crippen MR) is 67.8 cm³/mol. The standard InChI is InChI=1S/C11H14Br2O2/c1-5(2)7-4-8(12)6(3)9(10(7)13)11(14)15/h4-5,11,14-15H,1-3H3. The highest BCUT2D eigenvalue weighted by atomic mass is 79.9. The van der Waals surface area contributed by atoms with Crippen molar-refractivity contribution in [2.24, 2.45) is 0 Å². The van der Waals surface area contributed by atoms with Crippen LogP contribution in [0.25, 0.3) is 0 Å². The molecule has 0 atom stereocenters. The van der Waals surface area contributed by atoms with E-state index in [-0.39, 0.29) is 0 Å². The van der Waals surface area contributed by atoms with Gasteiger partial charge in [-0.15, -0.1) is 0 Å². The number of hydrogen-bond acceptors (Lipinski definition) is 2. The predicted octanol–water partition coefficient (Wildman–Crippen LogP) is 3.63. The number of aliphatic hydroxyl groups excluding tert-OH is 1. The molecule has 0 aromatic heterocycles. The third kappa shape index (κ3) is 2.61. The average molecular weight is 338 g/mol.